The summed E-state index contributed by atoms with van der Waals surface area (Å²) in [6, 6.07) is 25.9. The molecular formula is C30H26N2. The van der Waals surface area contributed by atoms with Crippen molar-refractivity contribution >= 4 is 50.2 Å². The third kappa shape index (κ3) is 2.66. The topological polar surface area (TPSA) is 9.86 Å². The zero-order valence-corrected chi connectivity index (χ0v) is 18.5. The SMILES string of the molecule is C=C(/C=C(\C)n1c2c(c3ccccc31)C=CCC2C)n1c2ccccc2c2ccccc21. The highest BCUT2D eigenvalue weighted by molar-refractivity contribution is 6.10. The maximum Gasteiger partial charge on any atom is 0.0540 e. The van der Waals surface area contributed by atoms with Gasteiger partial charge in [0.1, 0.15) is 0 Å². The van der Waals surface area contributed by atoms with Gasteiger partial charge in [-0.2, -0.15) is 0 Å². The van der Waals surface area contributed by atoms with Crippen molar-refractivity contribution in [2.75, 3.05) is 0 Å². The molecule has 1 unspecified atom stereocenters. The minimum atomic E-state index is 0.479. The van der Waals surface area contributed by atoms with Crippen molar-refractivity contribution in [2.24, 2.45) is 0 Å². The molecule has 0 radical (unpaired) electrons. The van der Waals surface area contributed by atoms with E-state index >= 15 is 0 Å². The van der Waals surface area contributed by atoms with Crippen LogP contribution >= 0.6 is 0 Å². The molecule has 0 fully saturated rings. The number of allylic oxidation sites excluding steroid dienone is 4. The standard InChI is InChI=1S/C30H26N2/c1-20-11-10-15-26-25-14-6-9-18-29(25)32(30(20)26)22(3)19-21(2)31-27-16-7-4-12-23(27)24-13-5-8-17-28(24)31/h4-10,12-20H,2,11H2,1,3H3/b22-19+. The van der Waals surface area contributed by atoms with Crippen molar-refractivity contribution in [3.63, 3.8) is 0 Å². The van der Waals surface area contributed by atoms with Gasteiger partial charge < -0.3 is 9.13 Å². The average molecular weight is 415 g/mol. The van der Waals surface area contributed by atoms with Crippen LogP contribution in [0.4, 0.5) is 0 Å². The van der Waals surface area contributed by atoms with Gasteiger partial charge in [-0.15, -0.1) is 0 Å². The van der Waals surface area contributed by atoms with Crippen LogP contribution in [-0.4, -0.2) is 9.13 Å². The van der Waals surface area contributed by atoms with Crippen molar-refractivity contribution in [1.82, 2.24) is 9.13 Å². The van der Waals surface area contributed by atoms with Gasteiger partial charge in [-0.25, -0.2) is 0 Å². The van der Waals surface area contributed by atoms with Crippen LogP contribution in [0, 0.1) is 0 Å². The smallest absolute Gasteiger partial charge is 0.0540 e. The largest absolute Gasteiger partial charge is 0.317 e. The van der Waals surface area contributed by atoms with E-state index in [-0.39, 0.29) is 0 Å². The fraction of sp³-hybridized carbons (Fsp3) is 0.133. The van der Waals surface area contributed by atoms with Crippen molar-refractivity contribution in [3.8, 4) is 0 Å². The van der Waals surface area contributed by atoms with Crippen LogP contribution in [0.25, 0.3) is 50.2 Å². The molecule has 2 heteroatoms. The van der Waals surface area contributed by atoms with Crippen LogP contribution in [0.2, 0.25) is 0 Å². The molecule has 1 atom stereocenters. The molecule has 0 saturated heterocycles. The minimum Gasteiger partial charge on any atom is -0.317 e. The Kier molecular flexibility index (Phi) is 4.22. The number of rotatable bonds is 3. The maximum absolute atomic E-state index is 4.52. The van der Waals surface area contributed by atoms with Gasteiger partial charge in [0.05, 0.1) is 16.6 Å². The summed E-state index contributed by atoms with van der Waals surface area (Å²) in [5.41, 5.74) is 8.57. The van der Waals surface area contributed by atoms with E-state index in [1.54, 1.807) is 0 Å². The first-order valence-corrected chi connectivity index (χ1v) is 11.3. The van der Waals surface area contributed by atoms with Gasteiger partial charge >= 0.3 is 0 Å². The highest BCUT2D eigenvalue weighted by Crippen LogP contribution is 2.39. The lowest BCUT2D eigenvalue weighted by atomic mass is 9.93. The van der Waals surface area contributed by atoms with E-state index in [4.69, 9.17) is 0 Å². The van der Waals surface area contributed by atoms with Crippen LogP contribution < -0.4 is 0 Å². The van der Waals surface area contributed by atoms with E-state index in [0.29, 0.717) is 5.92 Å². The minimum absolute atomic E-state index is 0.479. The van der Waals surface area contributed by atoms with Gasteiger partial charge in [0.15, 0.2) is 0 Å². The molecule has 32 heavy (non-hydrogen) atoms. The lowest BCUT2D eigenvalue weighted by Crippen LogP contribution is -2.07. The van der Waals surface area contributed by atoms with Crippen LogP contribution in [0.15, 0.2) is 91.5 Å². The molecule has 0 bridgehead atoms. The number of para-hydroxylation sites is 3. The first-order chi connectivity index (χ1) is 15.6. The number of aromatic nitrogens is 2. The molecule has 3 aromatic carbocycles. The molecule has 0 aliphatic heterocycles. The molecule has 0 spiro atoms. The molecule has 1 aliphatic carbocycles. The van der Waals surface area contributed by atoms with Gasteiger partial charge in [-0.3, -0.25) is 0 Å². The monoisotopic (exact) mass is 414 g/mol. The number of hydrogen-bond acceptors (Lipinski definition) is 0. The Morgan fingerprint density at radius 2 is 1.34 bits per heavy atom. The van der Waals surface area contributed by atoms with Gasteiger partial charge in [0.25, 0.3) is 0 Å². The van der Waals surface area contributed by atoms with Crippen LogP contribution in [0.1, 0.15) is 37.4 Å². The molecule has 1 aliphatic rings. The Morgan fingerprint density at radius 1 is 0.812 bits per heavy atom. The molecule has 2 heterocycles. The summed E-state index contributed by atoms with van der Waals surface area (Å²) in [6.07, 6.45) is 7.91. The fourth-order valence-corrected chi connectivity index (χ4v) is 5.43. The number of fused-ring (bicyclic) bond motifs is 6. The molecule has 156 valence electrons. The molecule has 6 rings (SSSR count). The van der Waals surface area contributed by atoms with Crippen molar-refractivity contribution in [1.29, 1.82) is 0 Å². The summed E-state index contributed by atoms with van der Waals surface area (Å²) < 4.78 is 4.73. The summed E-state index contributed by atoms with van der Waals surface area (Å²) >= 11 is 0. The summed E-state index contributed by atoms with van der Waals surface area (Å²) in [6.45, 7) is 9.05. The second-order valence-corrected chi connectivity index (χ2v) is 8.84. The molecule has 5 aromatic rings. The van der Waals surface area contributed by atoms with Gasteiger partial charge in [-0.1, -0.05) is 80.3 Å². The summed E-state index contributed by atoms with van der Waals surface area (Å²) in [5.74, 6) is 0.479. The Labute approximate surface area is 188 Å². The van der Waals surface area contributed by atoms with Gasteiger partial charge in [0.2, 0.25) is 0 Å². The Morgan fingerprint density at radius 3 is 1.97 bits per heavy atom. The zero-order valence-electron chi connectivity index (χ0n) is 18.5. The van der Waals surface area contributed by atoms with Gasteiger partial charge in [0, 0.05) is 44.7 Å². The second-order valence-electron chi connectivity index (χ2n) is 8.84. The molecule has 0 saturated carbocycles. The first-order valence-electron chi connectivity index (χ1n) is 11.3. The van der Waals surface area contributed by atoms with Crippen molar-refractivity contribution in [3.05, 3.63) is 103 Å². The van der Waals surface area contributed by atoms with E-state index in [2.05, 4.69) is 121 Å². The van der Waals surface area contributed by atoms with E-state index in [0.717, 1.165) is 12.1 Å². The Hall–Kier alpha value is -3.78. The van der Waals surface area contributed by atoms with E-state index in [1.807, 2.05) is 0 Å². The quantitative estimate of drug-likeness (QED) is 0.263. The highest BCUT2D eigenvalue weighted by Gasteiger charge is 2.23. The lowest BCUT2D eigenvalue weighted by molar-refractivity contribution is 0.726. The predicted molar refractivity (Wildman–Crippen MR) is 139 cm³/mol. The van der Waals surface area contributed by atoms with E-state index < -0.39 is 0 Å². The molecule has 0 amide bonds. The first kappa shape index (κ1) is 18.9. The lowest BCUT2D eigenvalue weighted by Gasteiger charge is -2.20. The number of nitrogens with zero attached hydrogens (tertiary/aromatic N) is 2. The number of benzene rings is 3. The fourth-order valence-electron chi connectivity index (χ4n) is 5.43. The van der Waals surface area contributed by atoms with E-state index in [1.165, 1.54) is 49.7 Å². The van der Waals surface area contributed by atoms with Gasteiger partial charge in [-0.05, 0) is 37.6 Å². The summed E-state index contributed by atoms with van der Waals surface area (Å²) in [5, 5.41) is 3.84. The average Bonchev–Trinajstić information content (AvgIpc) is 3.33. The predicted octanol–water partition coefficient (Wildman–Crippen LogP) is 8.30. The third-order valence-corrected chi connectivity index (χ3v) is 6.79. The highest BCUT2D eigenvalue weighted by atomic mass is 15.0. The molecule has 0 N–H and O–H groups in total. The Bertz CT molecular complexity index is 1530. The van der Waals surface area contributed by atoms with Crippen molar-refractivity contribution in [2.45, 2.75) is 26.2 Å². The molecule has 2 nitrogen and oxygen atoms in total. The third-order valence-electron chi connectivity index (χ3n) is 6.79. The van der Waals surface area contributed by atoms with E-state index in [9.17, 15) is 0 Å². The summed E-state index contributed by atoms with van der Waals surface area (Å²) in [4.78, 5) is 0. The molecular weight excluding hydrogens is 388 g/mol. The number of hydrogen-bond donors (Lipinski definition) is 0. The Balaban J connectivity index is 1.57. The second kappa shape index (κ2) is 7.13. The normalized spacial score (nSPS) is 16.2. The van der Waals surface area contributed by atoms with Crippen LogP contribution in [0.5, 0.6) is 0 Å². The van der Waals surface area contributed by atoms with Crippen molar-refractivity contribution < 1.29 is 0 Å². The van der Waals surface area contributed by atoms with Crippen LogP contribution in [0.3, 0.4) is 0 Å². The summed E-state index contributed by atoms with van der Waals surface area (Å²) in [7, 11) is 0. The zero-order chi connectivity index (χ0) is 21.8. The van der Waals surface area contributed by atoms with Crippen LogP contribution in [-0.2, 0) is 0 Å². The maximum atomic E-state index is 4.52. The molecule has 2 aromatic heterocycles.